The molecule has 7 nitrogen and oxygen atoms in total. The Morgan fingerprint density at radius 3 is 2.47 bits per heavy atom. The number of methoxy groups -OCH3 is 1. The van der Waals surface area contributed by atoms with Crippen LogP contribution in [0.5, 0.6) is 11.5 Å². The van der Waals surface area contributed by atoms with E-state index in [1.54, 1.807) is 25.3 Å². The number of nitrogens with zero attached hydrogens (tertiary/aromatic N) is 1. The predicted molar refractivity (Wildman–Crippen MR) is 140 cm³/mol. The molecular formula is C25H40NO6PSi. The van der Waals surface area contributed by atoms with E-state index in [4.69, 9.17) is 14.2 Å². The molecule has 1 aliphatic rings. The smallest absolute Gasteiger partial charge is 0.342 e. The van der Waals surface area contributed by atoms with Crippen molar-refractivity contribution in [3.63, 3.8) is 0 Å². The molecule has 0 atom stereocenters. The first kappa shape index (κ1) is 28.2. The first-order valence-corrected chi connectivity index (χ1v) is 18.2. The lowest BCUT2D eigenvalue weighted by molar-refractivity contribution is -0.117. The van der Waals surface area contributed by atoms with E-state index >= 15 is 0 Å². The first-order chi connectivity index (χ1) is 15.8. The molecule has 9 heteroatoms. The van der Waals surface area contributed by atoms with Crippen molar-refractivity contribution in [3.8, 4) is 11.5 Å². The number of fused-ring (bicyclic) bond motifs is 1. The van der Waals surface area contributed by atoms with Gasteiger partial charge in [-0.15, -0.1) is 0 Å². The molecule has 1 aliphatic heterocycles. The van der Waals surface area contributed by atoms with E-state index in [-0.39, 0.29) is 12.6 Å². The molecule has 1 amide bonds. The number of carbonyl (C=O) groups excluding carboxylic acids is 2. The third-order valence-corrected chi connectivity index (χ3v) is 8.89. The van der Waals surface area contributed by atoms with Gasteiger partial charge in [0.1, 0.15) is 23.7 Å². The number of rotatable bonds is 13. The molecule has 0 N–H and O–H groups in total. The summed E-state index contributed by atoms with van der Waals surface area (Å²) in [6.07, 6.45) is 3.82. The molecule has 0 aliphatic carbocycles. The SMILES string of the molecule is COc1c(C)c2c(c(OCC[Si](C)(C)C)c1C/C=C(\C)CN(C=O)CCP(C)(C)=O)C(=O)OC2. The summed E-state index contributed by atoms with van der Waals surface area (Å²) in [7, 11) is -1.90. The van der Waals surface area contributed by atoms with Crippen LogP contribution in [0.2, 0.25) is 25.7 Å². The second-order valence-corrected chi connectivity index (χ2v) is 19.9. The Morgan fingerprint density at radius 1 is 1.24 bits per heavy atom. The number of amides is 1. The standard InChI is InChI=1S/C25H40NO6PSi/c1-18(15-26(17-27)11-13-33(4,5)29)9-10-20-23(30-3)19(2)21-16-32-25(28)22(21)24(20)31-12-14-34(6,7)8/h9,17H,10-16H2,1-8H3/b18-9+. The molecule has 1 heterocycles. The Bertz CT molecular complexity index is 992. The molecular weight excluding hydrogens is 469 g/mol. The summed E-state index contributed by atoms with van der Waals surface area (Å²) in [5.74, 6) is 0.892. The van der Waals surface area contributed by atoms with Gasteiger partial charge in [-0.3, -0.25) is 4.79 Å². The fourth-order valence-corrected chi connectivity index (χ4v) is 5.28. The maximum atomic E-state index is 12.6. The van der Waals surface area contributed by atoms with Crippen LogP contribution in [0.15, 0.2) is 11.6 Å². The van der Waals surface area contributed by atoms with Crippen molar-refractivity contribution < 1.29 is 28.4 Å². The summed E-state index contributed by atoms with van der Waals surface area (Å²) in [5, 5.41) is 0. The van der Waals surface area contributed by atoms with Crippen molar-refractivity contribution in [3.05, 3.63) is 33.9 Å². The van der Waals surface area contributed by atoms with Gasteiger partial charge in [0.25, 0.3) is 0 Å². The summed E-state index contributed by atoms with van der Waals surface area (Å²) in [6.45, 7) is 15.9. The van der Waals surface area contributed by atoms with Crippen molar-refractivity contribution in [1.29, 1.82) is 0 Å². The highest BCUT2D eigenvalue weighted by Crippen LogP contribution is 2.43. The zero-order valence-corrected chi connectivity index (χ0v) is 23.8. The number of hydrogen-bond donors (Lipinski definition) is 0. The van der Waals surface area contributed by atoms with Gasteiger partial charge in [0, 0.05) is 38.5 Å². The summed E-state index contributed by atoms with van der Waals surface area (Å²) >= 11 is 0. The lowest BCUT2D eigenvalue weighted by atomic mass is 9.94. The summed E-state index contributed by atoms with van der Waals surface area (Å²) in [6, 6.07) is 0.967. The molecule has 34 heavy (non-hydrogen) atoms. The molecule has 2 rings (SSSR count). The highest BCUT2D eigenvalue weighted by atomic mass is 31.2. The number of esters is 1. The van der Waals surface area contributed by atoms with Crippen LogP contribution >= 0.6 is 7.14 Å². The Labute approximate surface area is 205 Å². The summed E-state index contributed by atoms with van der Waals surface area (Å²) in [4.78, 5) is 25.8. The molecule has 0 spiro atoms. The molecule has 0 saturated carbocycles. The van der Waals surface area contributed by atoms with Gasteiger partial charge in [-0.2, -0.15) is 0 Å². The van der Waals surface area contributed by atoms with Gasteiger partial charge in [0.15, 0.2) is 0 Å². The Kier molecular flexibility index (Phi) is 9.60. The zero-order valence-electron chi connectivity index (χ0n) is 21.9. The van der Waals surface area contributed by atoms with E-state index in [9.17, 15) is 14.2 Å². The van der Waals surface area contributed by atoms with Crippen LogP contribution < -0.4 is 9.47 Å². The van der Waals surface area contributed by atoms with Gasteiger partial charge in [-0.25, -0.2) is 4.79 Å². The van der Waals surface area contributed by atoms with Gasteiger partial charge >= 0.3 is 5.97 Å². The predicted octanol–water partition coefficient (Wildman–Crippen LogP) is 4.96. The fraction of sp³-hybridized carbons (Fsp3) is 0.600. The third-order valence-electron chi connectivity index (χ3n) is 5.91. The largest absolute Gasteiger partial charge is 0.496 e. The van der Waals surface area contributed by atoms with Crippen LogP contribution in [0, 0.1) is 6.92 Å². The minimum atomic E-state index is -2.19. The van der Waals surface area contributed by atoms with Gasteiger partial charge in [0.05, 0.1) is 20.9 Å². The van der Waals surface area contributed by atoms with Crippen molar-refractivity contribution >= 4 is 27.6 Å². The monoisotopic (exact) mass is 509 g/mol. The second-order valence-electron chi connectivity index (χ2n) is 10.7. The van der Waals surface area contributed by atoms with E-state index in [1.807, 2.05) is 19.9 Å². The van der Waals surface area contributed by atoms with Gasteiger partial charge in [-0.05, 0) is 45.2 Å². The Morgan fingerprint density at radius 2 is 1.91 bits per heavy atom. The molecule has 1 aromatic carbocycles. The van der Waals surface area contributed by atoms with Crippen LogP contribution in [0.4, 0.5) is 0 Å². The highest BCUT2D eigenvalue weighted by Gasteiger charge is 2.33. The average molecular weight is 510 g/mol. The number of carbonyl (C=O) groups is 2. The van der Waals surface area contributed by atoms with Gasteiger partial charge in [-0.1, -0.05) is 31.3 Å². The maximum absolute atomic E-state index is 12.6. The molecule has 0 fully saturated rings. The Hall–Kier alpha value is -2.05. The van der Waals surface area contributed by atoms with E-state index in [2.05, 4.69) is 19.6 Å². The number of allylic oxidation sites excluding steroid dienone is 1. The molecule has 1 aromatic rings. The molecule has 190 valence electrons. The van der Waals surface area contributed by atoms with Crippen LogP contribution in [0.25, 0.3) is 0 Å². The van der Waals surface area contributed by atoms with Crippen LogP contribution in [0.1, 0.15) is 34.0 Å². The molecule has 0 unspecified atom stereocenters. The first-order valence-electron chi connectivity index (χ1n) is 11.7. The third kappa shape index (κ3) is 7.74. The van der Waals surface area contributed by atoms with Crippen molar-refractivity contribution in [2.75, 3.05) is 46.3 Å². The van der Waals surface area contributed by atoms with Gasteiger partial charge in [0.2, 0.25) is 6.41 Å². The highest BCUT2D eigenvalue weighted by molar-refractivity contribution is 7.62. The molecule has 0 bridgehead atoms. The van der Waals surface area contributed by atoms with Crippen molar-refractivity contribution in [2.45, 2.75) is 52.6 Å². The lowest BCUT2D eigenvalue weighted by Gasteiger charge is -2.22. The topological polar surface area (TPSA) is 82.1 Å². The van der Waals surface area contributed by atoms with Crippen LogP contribution in [-0.2, 0) is 27.1 Å². The number of hydrogen-bond acceptors (Lipinski definition) is 6. The van der Waals surface area contributed by atoms with Crippen molar-refractivity contribution in [1.82, 2.24) is 4.90 Å². The molecule has 0 saturated heterocycles. The fourth-order valence-electron chi connectivity index (χ4n) is 3.83. The number of benzene rings is 1. The van der Waals surface area contributed by atoms with Gasteiger partial charge < -0.3 is 23.7 Å². The van der Waals surface area contributed by atoms with E-state index in [1.165, 1.54) is 0 Å². The minimum Gasteiger partial charge on any atom is -0.496 e. The van der Waals surface area contributed by atoms with Crippen molar-refractivity contribution in [2.24, 2.45) is 0 Å². The van der Waals surface area contributed by atoms with E-state index in [0.717, 1.165) is 34.7 Å². The number of cyclic esters (lactones) is 1. The lowest BCUT2D eigenvalue weighted by Crippen LogP contribution is -2.27. The average Bonchev–Trinajstić information content (AvgIpc) is 3.11. The second kappa shape index (κ2) is 11.6. The molecule has 0 aromatic heterocycles. The van der Waals surface area contributed by atoms with Crippen LogP contribution in [-0.4, -0.2) is 71.7 Å². The number of ether oxygens (including phenoxy) is 3. The minimum absolute atomic E-state index is 0.225. The zero-order chi connectivity index (χ0) is 25.7. The Balaban J connectivity index is 2.36. The quantitative estimate of drug-likeness (QED) is 0.123. The summed E-state index contributed by atoms with van der Waals surface area (Å²) < 4.78 is 29.4. The normalized spacial score (nSPS) is 14.0. The van der Waals surface area contributed by atoms with E-state index in [0.29, 0.717) is 49.3 Å². The maximum Gasteiger partial charge on any atom is 0.342 e. The van der Waals surface area contributed by atoms with E-state index < -0.39 is 15.2 Å². The summed E-state index contributed by atoms with van der Waals surface area (Å²) in [5.41, 5.74) is 4.02. The molecule has 0 radical (unpaired) electrons. The van der Waals surface area contributed by atoms with Crippen LogP contribution in [0.3, 0.4) is 0 Å².